The second kappa shape index (κ2) is 8.02. The van der Waals surface area contributed by atoms with Crippen LogP contribution in [0.5, 0.6) is 0 Å². The Morgan fingerprint density at radius 2 is 1.36 bits per heavy atom. The van der Waals surface area contributed by atoms with Gasteiger partial charge < -0.3 is 10.6 Å². The van der Waals surface area contributed by atoms with E-state index in [2.05, 4.69) is 34.6 Å². The Hall–Kier alpha value is -0.0800. The molecular formula is C9H24O2. The van der Waals surface area contributed by atoms with Crippen molar-refractivity contribution in [2.24, 2.45) is 11.3 Å². The molecule has 0 aliphatic carbocycles. The van der Waals surface area contributed by atoms with Crippen molar-refractivity contribution in [3.05, 3.63) is 0 Å². The SMILES string of the molecule is CC(C)CC(C)(C)C.CO.O. The molecule has 0 aliphatic rings. The summed E-state index contributed by atoms with van der Waals surface area (Å²) < 4.78 is 0. The molecule has 0 atom stereocenters. The van der Waals surface area contributed by atoms with E-state index in [9.17, 15) is 0 Å². The lowest BCUT2D eigenvalue weighted by molar-refractivity contribution is 0.320. The summed E-state index contributed by atoms with van der Waals surface area (Å²) in [5.41, 5.74) is 0.522. The molecule has 0 heterocycles. The van der Waals surface area contributed by atoms with Crippen molar-refractivity contribution in [2.45, 2.75) is 41.0 Å². The molecule has 0 aromatic rings. The highest BCUT2D eigenvalue weighted by molar-refractivity contribution is 4.62. The summed E-state index contributed by atoms with van der Waals surface area (Å²) in [5, 5.41) is 7.00. The van der Waals surface area contributed by atoms with Crippen LogP contribution in [0.15, 0.2) is 0 Å². The molecule has 11 heavy (non-hydrogen) atoms. The first-order valence-electron chi connectivity index (χ1n) is 3.86. The van der Waals surface area contributed by atoms with Crippen molar-refractivity contribution in [3.63, 3.8) is 0 Å². The Morgan fingerprint density at radius 1 is 1.09 bits per heavy atom. The fourth-order valence-corrected chi connectivity index (χ4v) is 1.22. The second-order valence-corrected chi connectivity index (χ2v) is 4.16. The summed E-state index contributed by atoms with van der Waals surface area (Å²) in [4.78, 5) is 0. The van der Waals surface area contributed by atoms with Gasteiger partial charge in [-0.1, -0.05) is 34.6 Å². The molecule has 0 saturated carbocycles. The van der Waals surface area contributed by atoms with Crippen molar-refractivity contribution in [1.82, 2.24) is 0 Å². The van der Waals surface area contributed by atoms with Gasteiger partial charge in [0, 0.05) is 7.11 Å². The number of aliphatic hydroxyl groups is 1. The highest BCUT2D eigenvalue weighted by Crippen LogP contribution is 2.23. The largest absolute Gasteiger partial charge is 0.412 e. The smallest absolute Gasteiger partial charge is 0.0319 e. The van der Waals surface area contributed by atoms with Crippen LogP contribution in [0.4, 0.5) is 0 Å². The lowest BCUT2D eigenvalue weighted by Gasteiger charge is -2.19. The van der Waals surface area contributed by atoms with Gasteiger partial charge in [-0.3, -0.25) is 0 Å². The zero-order chi connectivity index (χ0) is 8.78. The Morgan fingerprint density at radius 3 is 1.36 bits per heavy atom. The fraction of sp³-hybridized carbons (Fsp3) is 1.00. The van der Waals surface area contributed by atoms with Crippen LogP contribution in [0.2, 0.25) is 0 Å². The number of aliphatic hydroxyl groups excluding tert-OH is 1. The van der Waals surface area contributed by atoms with Crippen LogP contribution in [0.1, 0.15) is 41.0 Å². The van der Waals surface area contributed by atoms with Gasteiger partial charge in [-0.2, -0.15) is 0 Å². The lowest BCUT2D eigenvalue weighted by Crippen LogP contribution is -2.08. The molecule has 0 fully saturated rings. The number of hydrogen-bond donors (Lipinski definition) is 1. The molecule has 0 aliphatic heterocycles. The van der Waals surface area contributed by atoms with E-state index < -0.39 is 0 Å². The zero-order valence-electron chi connectivity index (χ0n) is 8.73. The summed E-state index contributed by atoms with van der Waals surface area (Å²) in [6, 6.07) is 0. The van der Waals surface area contributed by atoms with Gasteiger partial charge in [0.2, 0.25) is 0 Å². The van der Waals surface area contributed by atoms with Gasteiger partial charge >= 0.3 is 0 Å². The minimum absolute atomic E-state index is 0. The van der Waals surface area contributed by atoms with E-state index in [0.717, 1.165) is 13.0 Å². The van der Waals surface area contributed by atoms with Gasteiger partial charge in [-0.05, 0) is 17.8 Å². The maximum Gasteiger partial charge on any atom is 0.0319 e. The van der Waals surface area contributed by atoms with Gasteiger partial charge in [-0.15, -0.1) is 0 Å². The lowest BCUT2D eigenvalue weighted by atomic mass is 9.86. The Labute approximate surface area is 70.9 Å². The summed E-state index contributed by atoms with van der Waals surface area (Å²) in [7, 11) is 1.00. The highest BCUT2D eigenvalue weighted by Gasteiger charge is 2.11. The molecule has 0 spiro atoms. The Balaban J connectivity index is -0.000000196. The number of rotatable bonds is 1. The standard InChI is InChI=1S/C8H18.CH4O.H2O/c1-7(2)6-8(3,4)5;1-2;/h7H,6H2,1-5H3;2H,1H3;1H2. The predicted molar refractivity (Wildman–Crippen MR) is 50.7 cm³/mol. The van der Waals surface area contributed by atoms with E-state index in [4.69, 9.17) is 5.11 Å². The minimum Gasteiger partial charge on any atom is -0.412 e. The normalized spacial score (nSPS) is 9.82. The van der Waals surface area contributed by atoms with Crippen LogP contribution in [-0.4, -0.2) is 17.7 Å². The molecule has 2 nitrogen and oxygen atoms in total. The van der Waals surface area contributed by atoms with Crippen molar-refractivity contribution in [1.29, 1.82) is 0 Å². The quantitative estimate of drug-likeness (QED) is 0.632. The molecule has 0 unspecified atom stereocenters. The fourth-order valence-electron chi connectivity index (χ4n) is 1.22. The van der Waals surface area contributed by atoms with Crippen LogP contribution < -0.4 is 0 Å². The molecule has 72 valence electrons. The topological polar surface area (TPSA) is 51.7 Å². The summed E-state index contributed by atoms with van der Waals surface area (Å²) in [6.07, 6.45) is 1.33. The predicted octanol–water partition coefficient (Wildman–Crippen LogP) is 1.86. The third-order valence-electron chi connectivity index (χ3n) is 1.02. The van der Waals surface area contributed by atoms with E-state index in [1.165, 1.54) is 6.42 Å². The molecule has 0 bridgehead atoms. The highest BCUT2D eigenvalue weighted by atomic mass is 16.2. The molecule has 0 aromatic heterocycles. The zero-order valence-corrected chi connectivity index (χ0v) is 8.73. The monoisotopic (exact) mass is 164 g/mol. The van der Waals surface area contributed by atoms with Crippen molar-refractivity contribution < 1.29 is 10.6 Å². The third kappa shape index (κ3) is 25.7. The first-order chi connectivity index (χ1) is 4.42. The minimum atomic E-state index is 0. The van der Waals surface area contributed by atoms with Gasteiger partial charge in [0.1, 0.15) is 0 Å². The molecule has 0 saturated heterocycles. The Kier molecular flexibility index (Phi) is 12.5. The van der Waals surface area contributed by atoms with E-state index in [0.29, 0.717) is 5.41 Å². The van der Waals surface area contributed by atoms with Gasteiger partial charge in [0.05, 0.1) is 0 Å². The molecule has 0 aromatic carbocycles. The van der Waals surface area contributed by atoms with E-state index in [1.807, 2.05) is 0 Å². The van der Waals surface area contributed by atoms with Crippen molar-refractivity contribution in [3.8, 4) is 0 Å². The Bertz CT molecular complexity index is 62.5. The summed E-state index contributed by atoms with van der Waals surface area (Å²) in [6.45, 7) is 11.4. The van der Waals surface area contributed by atoms with Crippen LogP contribution in [0, 0.1) is 11.3 Å². The van der Waals surface area contributed by atoms with Crippen LogP contribution in [0.3, 0.4) is 0 Å². The first kappa shape index (κ1) is 17.1. The molecular weight excluding hydrogens is 140 g/mol. The average molecular weight is 164 g/mol. The number of hydrogen-bond acceptors (Lipinski definition) is 1. The van der Waals surface area contributed by atoms with E-state index >= 15 is 0 Å². The van der Waals surface area contributed by atoms with Crippen molar-refractivity contribution >= 4 is 0 Å². The van der Waals surface area contributed by atoms with Crippen molar-refractivity contribution in [2.75, 3.05) is 7.11 Å². The van der Waals surface area contributed by atoms with Crippen LogP contribution in [0.25, 0.3) is 0 Å². The summed E-state index contributed by atoms with van der Waals surface area (Å²) >= 11 is 0. The molecule has 0 amide bonds. The van der Waals surface area contributed by atoms with E-state index in [-0.39, 0.29) is 5.48 Å². The summed E-state index contributed by atoms with van der Waals surface area (Å²) in [5.74, 6) is 0.843. The third-order valence-corrected chi connectivity index (χ3v) is 1.02. The average Bonchev–Trinajstić information content (AvgIpc) is 1.64. The molecule has 3 N–H and O–H groups in total. The van der Waals surface area contributed by atoms with Gasteiger partial charge in [0.25, 0.3) is 0 Å². The molecule has 0 radical (unpaired) electrons. The van der Waals surface area contributed by atoms with Gasteiger partial charge in [0.15, 0.2) is 0 Å². The van der Waals surface area contributed by atoms with E-state index in [1.54, 1.807) is 0 Å². The molecule has 0 rings (SSSR count). The van der Waals surface area contributed by atoms with Gasteiger partial charge in [-0.25, -0.2) is 0 Å². The van der Waals surface area contributed by atoms with Crippen LogP contribution >= 0.6 is 0 Å². The maximum absolute atomic E-state index is 7.00. The van der Waals surface area contributed by atoms with Crippen LogP contribution in [-0.2, 0) is 0 Å². The molecule has 2 heteroatoms. The first-order valence-corrected chi connectivity index (χ1v) is 3.86. The second-order valence-electron chi connectivity index (χ2n) is 4.16. The maximum atomic E-state index is 7.00.